The van der Waals surface area contributed by atoms with Gasteiger partial charge in [-0.1, -0.05) is 61.4 Å². The monoisotopic (exact) mass is 653 g/mol. The molecule has 0 aromatic heterocycles. The molecule has 0 bridgehead atoms. The van der Waals surface area contributed by atoms with Crippen LogP contribution >= 0.6 is 0 Å². The van der Waals surface area contributed by atoms with Crippen LogP contribution in [-0.4, -0.2) is 90.4 Å². The number of benzene rings is 3. The number of carbonyl (C=O) groups is 4. The summed E-state index contributed by atoms with van der Waals surface area (Å²) in [6.45, 7) is 9.25. The average molecular weight is 654 g/mol. The van der Waals surface area contributed by atoms with Gasteiger partial charge in [-0.3, -0.25) is 0 Å². The number of aryl methyl sites for hydroxylation is 2. The number of aliphatic hydroxyl groups excluding tert-OH is 1. The van der Waals surface area contributed by atoms with Gasteiger partial charge in [0.1, 0.15) is 18.5 Å². The van der Waals surface area contributed by atoms with E-state index in [9.17, 15) is 34.5 Å². The van der Waals surface area contributed by atoms with Crippen molar-refractivity contribution < 1.29 is 53.4 Å². The van der Waals surface area contributed by atoms with Gasteiger partial charge in [0.25, 0.3) is 0 Å². The van der Waals surface area contributed by atoms with Crippen LogP contribution in [0, 0.1) is 13.8 Å². The highest BCUT2D eigenvalue weighted by Crippen LogP contribution is 2.15. The Morgan fingerprint density at radius 1 is 0.723 bits per heavy atom. The Morgan fingerprint density at radius 3 is 1.55 bits per heavy atom. The fourth-order valence-corrected chi connectivity index (χ4v) is 3.82. The van der Waals surface area contributed by atoms with E-state index in [0.717, 1.165) is 29.9 Å². The van der Waals surface area contributed by atoms with Gasteiger partial charge >= 0.3 is 23.9 Å². The van der Waals surface area contributed by atoms with Gasteiger partial charge < -0.3 is 39.6 Å². The summed E-state index contributed by atoms with van der Waals surface area (Å²) in [5, 5.41) is 31.5. The first-order chi connectivity index (χ1) is 22.3. The molecular weight excluding hydrogens is 610 g/mol. The van der Waals surface area contributed by atoms with Crippen LogP contribution in [-0.2, 0) is 30.2 Å². The lowest BCUT2D eigenvalue weighted by Crippen LogP contribution is -2.45. The quantitative estimate of drug-likeness (QED) is 0.165. The molecule has 0 saturated carbocycles. The minimum atomic E-state index is -2.22. The number of aliphatic carboxylic acids is 2. The number of esters is 2. The first kappa shape index (κ1) is 38.4. The second-order valence-electron chi connectivity index (χ2n) is 11.0. The molecule has 0 saturated heterocycles. The second-order valence-corrected chi connectivity index (χ2v) is 11.0. The summed E-state index contributed by atoms with van der Waals surface area (Å²) in [5.74, 6) is -4.84. The molecule has 3 atom stereocenters. The summed E-state index contributed by atoms with van der Waals surface area (Å²) in [7, 11) is 1.70. The SMILES string of the molecule is COCCc1ccc(OC[C@H](O)CNC(C)C)cc1.Cc1ccc(C(=O)OC(C(=O)O)[C@@H](OC(=O)c2ccc(C)cc2)C(=O)O)cc1. The minimum Gasteiger partial charge on any atom is -0.491 e. The fourth-order valence-electron chi connectivity index (χ4n) is 3.82. The lowest BCUT2D eigenvalue weighted by atomic mass is 10.1. The molecule has 1 unspecified atom stereocenters. The normalized spacial score (nSPS) is 12.6. The molecule has 0 amide bonds. The Kier molecular flexibility index (Phi) is 16.1. The summed E-state index contributed by atoms with van der Waals surface area (Å²) in [6.07, 6.45) is -4.03. The first-order valence-corrected chi connectivity index (χ1v) is 14.9. The third-order valence-corrected chi connectivity index (χ3v) is 6.53. The lowest BCUT2D eigenvalue weighted by molar-refractivity contribution is -0.166. The van der Waals surface area contributed by atoms with Crippen molar-refractivity contribution in [3.05, 3.63) is 101 Å². The zero-order chi connectivity index (χ0) is 34.9. The van der Waals surface area contributed by atoms with E-state index in [-0.39, 0.29) is 11.1 Å². The number of methoxy groups -OCH3 is 1. The molecular formula is C35H43NO11. The molecule has 3 aromatic rings. The number of nitrogens with one attached hydrogen (secondary N) is 1. The molecule has 0 aliphatic carbocycles. The van der Waals surface area contributed by atoms with E-state index in [2.05, 4.69) is 5.32 Å². The number of hydrogen-bond donors (Lipinski definition) is 4. The Bertz CT molecular complexity index is 1350. The van der Waals surface area contributed by atoms with E-state index < -0.39 is 42.2 Å². The van der Waals surface area contributed by atoms with E-state index in [1.165, 1.54) is 29.8 Å². The fraction of sp³-hybridized carbons (Fsp3) is 0.371. The Hall–Kier alpha value is -4.78. The zero-order valence-electron chi connectivity index (χ0n) is 27.2. The predicted molar refractivity (Wildman–Crippen MR) is 173 cm³/mol. The summed E-state index contributed by atoms with van der Waals surface area (Å²) < 4.78 is 20.2. The van der Waals surface area contributed by atoms with Crippen LogP contribution in [0.3, 0.4) is 0 Å². The molecule has 3 aromatic carbocycles. The summed E-state index contributed by atoms with van der Waals surface area (Å²) in [6, 6.07) is 20.3. The van der Waals surface area contributed by atoms with E-state index in [1.54, 1.807) is 45.2 Å². The van der Waals surface area contributed by atoms with Crippen molar-refractivity contribution in [1.82, 2.24) is 5.32 Å². The van der Waals surface area contributed by atoms with Gasteiger partial charge in [0.2, 0.25) is 12.2 Å². The smallest absolute Gasteiger partial charge is 0.349 e. The molecule has 254 valence electrons. The maximum atomic E-state index is 12.2. The largest absolute Gasteiger partial charge is 0.491 e. The van der Waals surface area contributed by atoms with Crippen LogP contribution in [0.5, 0.6) is 5.75 Å². The number of rotatable bonds is 16. The van der Waals surface area contributed by atoms with Gasteiger partial charge in [0.05, 0.1) is 17.7 Å². The number of hydrogen-bond acceptors (Lipinski definition) is 10. The van der Waals surface area contributed by atoms with Crippen molar-refractivity contribution in [2.75, 3.05) is 26.9 Å². The van der Waals surface area contributed by atoms with Crippen molar-refractivity contribution in [1.29, 1.82) is 0 Å². The van der Waals surface area contributed by atoms with Gasteiger partial charge in [-0.25, -0.2) is 19.2 Å². The van der Waals surface area contributed by atoms with Crippen molar-refractivity contribution in [3.8, 4) is 5.75 Å². The van der Waals surface area contributed by atoms with Crippen LogP contribution in [0.1, 0.15) is 51.3 Å². The van der Waals surface area contributed by atoms with Crippen molar-refractivity contribution in [2.45, 2.75) is 58.5 Å². The molecule has 0 radical (unpaired) electrons. The first-order valence-electron chi connectivity index (χ1n) is 14.9. The molecule has 3 rings (SSSR count). The third-order valence-electron chi connectivity index (χ3n) is 6.53. The molecule has 4 N–H and O–H groups in total. The highest BCUT2D eigenvalue weighted by Gasteiger charge is 2.41. The highest BCUT2D eigenvalue weighted by atomic mass is 16.6. The number of carbonyl (C=O) groups excluding carboxylic acids is 2. The van der Waals surface area contributed by atoms with E-state index in [4.69, 9.17) is 18.9 Å². The molecule has 12 nitrogen and oxygen atoms in total. The van der Waals surface area contributed by atoms with E-state index in [0.29, 0.717) is 19.2 Å². The molecule has 0 heterocycles. The summed E-state index contributed by atoms with van der Waals surface area (Å²) >= 11 is 0. The molecule has 0 spiro atoms. The molecule has 47 heavy (non-hydrogen) atoms. The Labute approximate surface area is 274 Å². The van der Waals surface area contributed by atoms with Gasteiger partial charge in [0, 0.05) is 19.7 Å². The number of ether oxygens (including phenoxy) is 4. The van der Waals surface area contributed by atoms with Crippen LogP contribution < -0.4 is 10.1 Å². The van der Waals surface area contributed by atoms with Gasteiger partial charge in [-0.15, -0.1) is 0 Å². The van der Waals surface area contributed by atoms with E-state index >= 15 is 0 Å². The Morgan fingerprint density at radius 2 is 1.17 bits per heavy atom. The van der Waals surface area contributed by atoms with Crippen molar-refractivity contribution >= 4 is 23.9 Å². The molecule has 12 heteroatoms. The number of carboxylic acids is 2. The number of carboxylic acid groups (broad SMARTS) is 2. The van der Waals surface area contributed by atoms with Gasteiger partial charge in [-0.05, 0) is 62.2 Å². The number of aliphatic hydroxyl groups is 1. The highest BCUT2D eigenvalue weighted by molar-refractivity contribution is 5.95. The van der Waals surface area contributed by atoms with Crippen LogP contribution in [0.25, 0.3) is 0 Å². The third kappa shape index (κ3) is 14.0. The zero-order valence-corrected chi connectivity index (χ0v) is 27.2. The lowest BCUT2D eigenvalue weighted by Gasteiger charge is -2.21. The molecule has 0 aliphatic rings. The summed E-state index contributed by atoms with van der Waals surface area (Å²) in [5.41, 5.74) is 3.01. The van der Waals surface area contributed by atoms with E-state index in [1.807, 2.05) is 38.1 Å². The van der Waals surface area contributed by atoms with Crippen LogP contribution in [0.4, 0.5) is 0 Å². The van der Waals surface area contributed by atoms with Crippen molar-refractivity contribution in [3.63, 3.8) is 0 Å². The maximum absolute atomic E-state index is 12.2. The van der Waals surface area contributed by atoms with Crippen molar-refractivity contribution in [2.24, 2.45) is 0 Å². The standard InChI is InChI=1S/C20H18O8.C15H25NO3/c1-11-3-7-13(8-4-11)19(25)27-15(17(21)22)16(18(23)24)28-20(26)14-9-5-12(2)6-10-14;1-12(2)16-10-14(17)11-19-15-6-4-13(5-7-15)8-9-18-3/h3-10,15-16H,1-2H3,(H,21,22)(H,23,24);4-7,12,14,16-17H,8-11H2,1-3H3/t15-,16?;14-/m11/s1. The second kappa shape index (κ2) is 19.7. The maximum Gasteiger partial charge on any atom is 0.349 e. The van der Waals surface area contributed by atoms with Gasteiger partial charge in [-0.2, -0.15) is 0 Å². The van der Waals surface area contributed by atoms with Gasteiger partial charge in [0.15, 0.2) is 0 Å². The average Bonchev–Trinajstić information content (AvgIpc) is 3.04. The molecule has 0 fully saturated rings. The topological polar surface area (TPSA) is 178 Å². The minimum absolute atomic E-state index is 0.0332. The summed E-state index contributed by atoms with van der Waals surface area (Å²) in [4.78, 5) is 47.3. The van der Waals surface area contributed by atoms with Crippen LogP contribution in [0.15, 0.2) is 72.8 Å². The molecule has 0 aliphatic heterocycles. The van der Waals surface area contributed by atoms with Crippen LogP contribution in [0.2, 0.25) is 0 Å². The Balaban J connectivity index is 0.000000353. The predicted octanol–water partition coefficient (Wildman–Crippen LogP) is 3.84.